The number of halogens is 3. The van der Waals surface area contributed by atoms with Crippen molar-refractivity contribution in [2.75, 3.05) is 13.2 Å². The monoisotopic (exact) mass is 452 g/mol. The lowest BCUT2D eigenvalue weighted by atomic mass is 10.0. The van der Waals surface area contributed by atoms with Crippen molar-refractivity contribution in [2.24, 2.45) is 5.92 Å². The highest BCUT2D eigenvalue weighted by Crippen LogP contribution is 2.30. The van der Waals surface area contributed by atoms with Gasteiger partial charge >= 0.3 is 6.18 Å². The minimum Gasteiger partial charge on any atom is -0.491 e. The van der Waals surface area contributed by atoms with Crippen LogP contribution in [0.25, 0.3) is 0 Å². The fourth-order valence-electron chi connectivity index (χ4n) is 2.86. The first-order chi connectivity index (χ1) is 15.1. The number of ether oxygens (including phenoxy) is 1. The summed E-state index contributed by atoms with van der Waals surface area (Å²) in [5.41, 5.74) is 0.0236. The van der Waals surface area contributed by atoms with Crippen LogP contribution in [0.4, 0.5) is 13.2 Å². The van der Waals surface area contributed by atoms with E-state index in [4.69, 9.17) is 4.74 Å². The minimum absolute atomic E-state index is 0.140. The summed E-state index contributed by atoms with van der Waals surface area (Å²) >= 11 is 0. The van der Waals surface area contributed by atoms with Gasteiger partial charge in [0.05, 0.1) is 12.0 Å². The number of benzene rings is 2. The molecule has 2 aromatic rings. The molecule has 0 saturated heterocycles. The highest BCUT2D eigenvalue weighted by molar-refractivity contribution is 5.88. The van der Waals surface area contributed by atoms with Crippen LogP contribution in [0.5, 0.6) is 5.75 Å². The molecule has 0 bridgehead atoms. The first-order valence-corrected chi connectivity index (χ1v) is 10.2. The summed E-state index contributed by atoms with van der Waals surface area (Å²) in [7, 11) is 0. The van der Waals surface area contributed by atoms with Gasteiger partial charge in [0.25, 0.3) is 0 Å². The van der Waals surface area contributed by atoms with Crippen LogP contribution in [-0.4, -0.2) is 42.2 Å². The number of rotatable bonds is 10. The van der Waals surface area contributed by atoms with Crippen LogP contribution in [0.2, 0.25) is 0 Å². The molecule has 32 heavy (non-hydrogen) atoms. The van der Waals surface area contributed by atoms with Crippen molar-refractivity contribution in [1.29, 1.82) is 0 Å². The van der Waals surface area contributed by atoms with Gasteiger partial charge in [-0.3, -0.25) is 9.59 Å². The smallest absolute Gasteiger partial charge is 0.416 e. The zero-order chi connectivity index (χ0) is 23.7. The fourth-order valence-corrected chi connectivity index (χ4v) is 2.86. The average molecular weight is 452 g/mol. The number of carbonyl (C=O) groups is 2. The molecule has 2 atom stereocenters. The van der Waals surface area contributed by atoms with Crippen molar-refractivity contribution in [3.63, 3.8) is 0 Å². The molecule has 0 heterocycles. The largest absolute Gasteiger partial charge is 0.491 e. The molecule has 0 aliphatic heterocycles. The summed E-state index contributed by atoms with van der Waals surface area (Å²) in [5, 5.41) is 15.3. The molecule has 0 aliphatic rings. The molecule has 0 fully saturated rings. The van der Waals surface area contributed by atoms with Gasteiger partial charge in [-0.1, -0.05) is 44.2 Å². The van der Waals surface area contributed by atoms with Crippen LogP contribution in [0.3, 0.4) is 0 Å². The lowest BCUT2D eigenvalue weighted by Crippen LogP contribution is -2.51. The predicted octanol–water partition coefficient (Wildman–Crippen LogP) is 2.94. The van der Waals surface area contributed by atoms with Crippen molar-refractivity contribution < 1.29 is 32.6 Å². The molecule has 9 heteroatoms. The molecule has 6 nitrogen and oxygen atoms in total. The van der Waals surface area contributed by atoms with E-state index in [2.05, 4.69) is 10.6 Å². The highest BCUT2D eigenvalue weighted by atomic mass is 19.4. The molecule has 3 N–H and O–H groups in total. The standard InChI is InChI=1S/C23H27F3N2O4/c1-15(2)21(28-20(30)12-16-6-4-3-5-7-16)22(31)27-13-18(29)14-32-19-10-8-17(9-11-19)23(24,25)26/h3-11,15,18,21,29H,12-14H2,1-2H3,(H,27,31)(H,28,30). The molecule has 2 aromatic carbocycles. The Balaban J connectivity index is 1.79. The second-order valence-electron chi connectivity index (χ2n) is 7.68. The quantitative estimate of drug-likeness (QED) is 0.517. The van der Waals surface area contributed by atoms with Crippen LogP contribution in [0.1, 0.15) is 25.0 Å². The van der Waals surface area contributed by atoms with Crippen LogP contribution in [-0.2, 0) is 22.2 Å². The first-order valence-electron chi connectivity index (χ1n) is 10.2. The number of carbonyl (C=O) groups excluding carboxylic acids is 2. The van der Waals surface area contributed by atoms with E-state index in [0.717, 1.165) is 29.8 Å². The number of amides is 2. The summed E-state index contributed by atoms with van der Waals surface area (Å²) in [5.74, 6) is -0.766. The Labute approximate surface area is 184 Å². The number of hydrogen-bond acceptors (Lipinski definition) is 4. The molecular formula is C23H27F3N2O4. The molecule has 0 spiro atoms. The van der Waals surface area contributed by atoms with Crippen molar-refractivity contribution in [2.45, 2.75) is 38.6 Å². The molecule has 2 amide bonds. The SMILES string of the molecule is CC(C)C(NC(=O)Cc1ccccc1)C(=O)NCC(O)COc1ccc(C(F)(F)F)cc1. The minimum atomic E-state index is -4.44. The van der Waals surface area contributed by atoms with E-state index in [1.165, 1.54) is 0 Å². The number of aliphatic hydroxyl groups is 1. The third kappa shape index (κ3) is 8.22. The lowest BCUT2D eigenvalue weighted by molar-refractivity contribution is -0.137. The summed E-state index contributed by atoms with van der Waals surface area (Å²) < 4.78 is 43.0. The molecule has 0 aliphatic carbocycles. The van der Waals surface area contributed by atoms with Gasteiger partial charge < -0.3 is 20.5 Å². The molecule has 174 valence electrons. The lowest BCUT2D eigenvalue weighted by Gasteiger charge is -2.22. The Morgan fingerprint density at radius 3 is 2.22 bits per heavy atom. The Morgan fingerprint density at radius 1 is 1.03 bits per heavy atom. The number of hydrogen-bond donors (Lipinski definition) is 3. The summed E-state index contributed by atoms with van der Waals surface area (Å²) in [6, 6.07) is 12.4. The van der Waals surface area contributed by atoms with Crippen LogP contribution >= 0.6 is 0 Å². The Hall–Kier alpha value is -3.07. The molecule has 0 aromatic heterocycles. The average Bonchev–Trinajstić information content (AvgIpc) is 2.74. The maximum Gasteiger partial charge on any atom is 0.416 e. The number of alkyl halides is 3. The maximum absolute atomic E-state index is 12.6. The zero-order valence-electron chi connectivity index (χ0n) is 17.9. The normalized spacial score (nSPS) is 13.3. The van der Waals surface area contributed by atoms with Gasteiger partial charge in [-0.2, -0.15) is 13.2 Å². The fraction of sp³-hybridized carbons (Fsp3) is 0.391. The van der Waals surface area contributed by atoms with Crippen molar-refractivity contribution in [1.82, 2.24) is 10.6 Å². The van der Waals surface area contributed by atoms with Crippen molar-refractivity contribution in [3.05, 3.63) is 65.7 Å². The van der Waals surface area contributed by atoms with E-state index in [-0.39, 0.29) is 37.1 Å². The summed E-state index contributed by atoms with van der Waals surface area (Å²) in [6.45, 7) is 3.21. The van der Waals surface area contributed by atoms with Crippen molar-refractivity contribution in [3.8, 4) is 5.75 Å². The van der Waals surface area contributed by atoms with Crippen molar-refractivity contribution >= 4 is 11.8 Å². The number of aliphatic hydroxyl groups excluding tert-OH is 1. The van der Waals surface area contributed by atoms with E-state index >= 15 is 0 Å². The van der Waals surface area contributed by atoms with Gasteiger partial charge in [0, 0.05) is 6.54 Å². The van der Waals surface area contributed by atoms with Gasteiger partial charge in [0.15, 0.2) is 0 Å². The van der Waals surface area contributed by atoms with Crippen LogP contribution in [0.15, 0.2) is 54.6 Å². The van der Waals surface area contributed by atoms with E-state index in [1.54, 1.807) is 13.8 Å². The van der Waals surface area contributed by atoms with E-state index in [1.807, 2.05) is 30.3 Å². The topological polar surface area (TPSA) is 87.7 Å². The van der Waals surface area contributed by atoms with E-state index in [9.17, 15) is 27.9 Å². The van der Waals surface area contributed by atoms with Gasteiger partial charge in [-0.25, -0.2) is 0 Å². The Kier molecular flexibility index (Phi) is 9.07. The zero-order valence-corrected chi connectivity index (χ0v) is 17.9. The molecule has 0 radical (unpaired) electrons. The van der Waals surface area contributed by atoms with Crippen LogP contribution in [0, 0.1) is 5.92 Å². The maximum atomic E-state index is 12.6. The Morgan fingerprint density at radius 2 is 1.66 bits per heavy atom. The highest BCUT2D eigenvalue weighted by Gasteiger charge is 2.30. The van der Waals surface area contributed by atoms with Gasteiger partial charge in [0.1, 0.15) is 24.5 Å². The molecule has 2 unspecified atom stereocenters. The molecule has 0 saturated carbocycles. The third-order valence-electron chi connectivity index (χ3n) is 4.61. The molecular weight excluding hydrogens is 425 g/mol. The second-order valence-corrected chi connectivity index (χ2v) is 7.68. The number of nitrogens with one attached hydrogen (secondary N) is 2. The Bertz CT molecular complexity index is 871. The first kappa shape index (κ1) is 25.2. The van der Waals surface area contributed by atoms with Gasteiger partial charge in [0.2, 0.25) is 11.8 Å². The predicted molar refractivity (Wildman–Crippen MR) is 113 cm³/mol. The second kappa shape index (κ2) is 11.5. The van der Waals surface area contributed by atoms with E-state index < -0.39 is 29.8 Å². The van der Waals surface area contributed by atoms with Gasteiger partial charge in [-0.05, 0) is 35.7 Å². The summed E-state index contributed by atoms with van der Waals surface area (Å²) in [6.07, 6.45) is -5.39. The molecule has 2 rings (SSSR count). The van der Waals surface area contributed by atoms with Gasteiger partial charge in [-0.15, -0.1) is 0 Å². The third-order valence-corrected chi connectivity index (χ3v) is 4.61. The van der Waals surface area contributed by atoms with Crippen LogP contribution < -0.4 is 15.4 Å². The van der Waals surface area contributed by atoms with E-state index in [0.29, 0.717) is 0 Å². The summed E-state index contributed by atoms with van der Waals surface area (Å²) in [4.78, 5) is 24.8.